The van der Waals surface area contributed by atoms with Crippen LogP contribution in [0.4, 0.5) is 0 Å². The van der Waals surface area contributed by atoms with Gasteiger partial charge in [0, 0.05) is 18.7 Å². The van der Waals surface area contributed by atoms with Crippen molar-refractivity contribution < 1.29 is 4.79 Å². The van der Waals surface area contributed by atoms with Gasteiger partial charge in [-0.1, -0.05) is 13.0 Å². The lowest BCUT2D eigenvalue weighted by Crippen LogP contribution is -2.32. The number of carbonyl (C=O) groups excluding carboxylic acids is 1. The van der Waals surface area contributed by atoms with Crippen LogP contribution in [-0.4, -0.2) is 23.9 Å². The van der Waals surface area contributed by atoms with Crippen LogP contribution in [0.5, 0.6) is 0 Å². The summed E-state index contributed by atoms with van der Waals surface area (Å²) in [7, 11) is 0. The maximum absolute atomic E-state index is 12.1. The van der Waals surface area contributed by atoms with Gasteiger partial charge in [0.2, 0.25) is 5.91 Å². The molecule has 0 aromatic rings. The third-order valence-electron chi connectivity index (χ3n) is 4.75. The summed E-state index contributed by atoms with van der Waals surface area (Å²) < 4.78 is 0. The van der Waals surface area contributed by atoms with E-state index in [1.165, 1.54) is 25.7 Å². The van der Waals surface area contributed by atoms with E-state index >= 15 is 0 Å². The Balaban J connectivity index is 1.86. The summed E-state index contributed by atoms with van der Waals surface area (Å²) >= 11 is 0. The first-order chi connectivity index (χ1) is 8.15. The van der Waals surface area contributed by atoms with E-state index in [-0.39, 0.29) is 5.91 Å². The van der Waals surface area contributed by atoms with Crippen LogP contribution in [0.3, 0.4) is 0 Å². The summed E-state index contributed by atoms with van der Waals surface area (Å²) in [6.45, 7) is 9.69. The van der Waals surface area contributed by atoms with Gasteiger partial charge in [0.1, 0.15) is 0 Å². The number of amides is 1. The Morgan fingerprint density at radius 1 is 1.24 bits per heavy atom. The number of likely N-dealkylation sites (N-methyl/N-ethyl adjacent to an activating group) is 1. The number of nitrogens with zero attached hydrogens (tertiary/aromatic N) is 1. The molecule has 0 aliphatic heterocycles. The lowest BCUT2D eigenvalue weighted by atomic mass is 9.84. The largest absolute Gasteiger partial charge is 0.340 e. The Kier molecular flexibility index (Phi) is 3.90. The van der Waals surface area contributed by atoms with Gasteiger partial charge in [-0.2, -0.15) is 0 Å². The van der Waals surface area contributed by atoms with Gasteiger partial charge in [-0.05, 0) is 57.3 Å². The number of hydrogen-bond acceptors (Lipinski definition) is 1. The average Bonchev–Trinajstić information content (AvgIpc) is 2.92. The number of rotatable bonds is 5. The fourth-order valence-corrected chi connectivity index (χ4v) is 3.76. The van der Waals surface area contributed by atoms with E-state index in [4.69, 9.17) is 0 Å². The van der Waals surface area contributed by atoms with Gasteiger partial charge in [-0.15, -0.1) is 0 Å². The summed E-state index contributed by atoms with van der Waals surface area (Å²) in [6.07, 6.45) is 6.52. The van der Waals surface area contributed by atoms with Crippen LogP contribution in [0.15, 0.2) is 12.2 Å². The zero-order valence-electron chi connectivity index (χ0n) is 11.2. The molecule has 0 saturated heterocycles. The minimum atomic E-state index is 0.178. The second kappa shape index (κ2) is 5.24. The van der Waals surface area contributed by atoms with Crippen molar-refractivity contribution in [2.24, 2.45) is 17.8 Å². The van der Waals surface area contributed by atoms with Crippen LogP contribution in [0, 0.1) is 17.8 Å². The molecule has 2 fully saturated rings. The molecular weight excluding hydrogens is 210 g/mol. The van der Waals surface area contributed by atoms with Crippen molar-refractivity contribution >= 4 is 5.91 Å². The predicted octanol–water partition coefficient (Wildman–Crippen LogP) is 3.24. The highest BCUT2D eigenvalue weighted by atomic mass is 16.2. The molecule has 17 heavy (non-hydrogen) atoms. The van der Waals surface area contributed by atoms with Crippen molar-refractivity contribution in [3.8, 4) is 0 Å². The second-order valence-corrected chi connectivity index (χ2v) is 5.72. The predicted molar refractivity (Wildman–Crippen MR) is 70.6 cm³/mol. The molecule has 2 heteroatoms. The topological polar surface area (TPSA) is 20.3 Å². The van der Waals surface area contributed by atoms with E-state index in [0.29, 0.717) is 0 Å². The van der Waals surface area contributed by atoms with Gasteiger partial charge in [0.15, 0.2) is 0 Å². The summed E-state index contributed by atoms with van der Waals surface area (Å²) in [5.41, 5.74) is 0.839. The Morgan fingerprint density at radius 2 is 1.94 bits per heavy atom. The molecule has 0 radical (unpaired) electrons. The second-order valence-electron chi connectivity index (χ2n) is 5.72. The summed E-state index contributed by atoms with van der Waals surface area (Å²) in [5.74, 6) is 2.78. The molecule has 0 heterocycles. The normalized spacial score (nSPS) is 30.6. The summed E-state index contributed by atoms with van der Waals surface area (Å²) in [4.78, 5) is 14.0. The van der Waals surface area contributed by atoms with Gasteiger partial charge < -0.3 is 4.90 Å². The standard InChI is InChI=1S/C15H25NO/c1-4-16(5-2)15(17)11(3)8-14-10-12-6-7-13(14)9-12/h12-14H,3-10H2,1-2H3. The van der Waals surface area contributed by atoms with E-state index in [2.05, 4.69) is 6.58 Å². The lowest BCUT2D eigenvalue weighted by molar-refractivity contribution is -0.127. The smallest absolute Gasteiger partial charge is 0.249 e. The fraction of sp³-hybridized carbons (Fsp3) is 0.800. The Bertz CT molecular complexity index is 306. The minimum Gasteiger partial charge on any atom is -0.340 e. The van der Waals surface area contributed by atoms with Crippen molar-refractivity contribution in [2.45, 2.75) is 46.0 Å². The maximum Gasteiger partial charge on any atom is 0.249 e. The molecule has 96 valence electrons. The van der Waals surface area contributed by atoms with Gasteiger partial charge in [0.05, 0.1) is 0 Å². The molecule has 2 nitrogen and oxygen atoms in total. The molecule has 0 spiro atoms. The van der Waals surface area contributed by atoms with E-state index in [1.54, 1.807) is 0 Å². The molecule has 3 unspecified atom stereocenters. The van der Waals surface area contributed by atoms with Crippen LogP contribution in [0.1, 0.15) is 46.0 Å². The van der Waals surface area contributed by atoms with Gasteiger partial charge in [-0.25, -0.2) is 0 Å². The van der Waals surface area contributed by atoms with E-state index in [0.717, 1.165) is 42.8 Å². The van der Waals surface area contributed by atoms with E-state index in [1.807, 2.05) is 18.7 Å². The molecule has 1 amide bonds. The van der Waals surface area contributed by atoms with Crippen LogP contribution in [0.25, 0.3) is 0 Å². The van der Waals surface area contributed by atoms with Crippen molar-refractivity contribution in [2.75, 3.05) is 13.1 Å². The van der Waals surface area contributed by atoms with Crippen molar-refractivity contribution in [3.05, 3.63) is 12.2 Å². The fourth-order valence-electron chi connectivity index (χ4n) is 3.76. The lowest BCUT2D eigenvalue weighted by Gasteiger charge is -2.25. The van der Waals surface area contributed by atoms with Crippen LogP contribution in [0.2, 0.25) is 0 Å². The molecule has 3 atom stereocenters. The van der Waals surface area contributed by atoms with Crippen LogP contribution < -0.4 is 0 Å². The molecule has 0 N–H and O–H groups in total. The van der Waals surface area contributed by atoms with Gasteiger partial charge in [0.25, 0.3) is 0 Å². The molecule has 2 bridgehead atoms. The monoisotopic (exact) mass is 235 g/mol. The maximum atomic E-state index is 12.1. The zero-order valence-corrected chi connectivity index (χ0v) is 11.2. The Hall–Kier alpha value is -0.790. The first kappa shape index (κ1) is 12.7. The molecule has 2 rings (SSSR count). The molecular formula is C15H25NO. The molecule has 0 aromatic heterocycles. The molecule has 2 aliphatic carbocycles. The third kappa shape index (κ3) is 2.56. The number of hydrogen-bond donors (Lipinski definition) is 0. The first-order valence-electron chi connectivity index (χ1n) is 7.12. The van der Waals surface area contributed by atoms with Crippen molar-refractivity contribution in [1.29, 1.82) is 0 Å². The highest BCUT2D eigenvalue weighted by molar-refractivity contribution is 5.92. The Morgan fingerprint density at radius 3 is 2.41 bits per heavy atom. The van der Waals surface area contributed by atoms with E-state index in [9.17, 15) is 4.79 Å². The van der Waals surface area contributed by atoms with E-state index < -0.39 is 0 Å². The van der Waals surface area contributed by atoms with Gasteiger partial charge in [-0.3, -0.25) is 4.79 Å². The Labute approximate surface area is 105 Å². The number of fused-ring (bicyclic) bond motifs is 2. The SMILES string of the molecule is C=C(CC1CC2CCC1C2)C(=O)N(CC)CC. The summed E-state index contributed by atoms with van der Waals surface area (Å²) in [6, 6.07) is 0. The molecule has 0 aromatic carbocycles. The van der Waals surface area contributed by atoms with Crippen molar-refractivity contribution in [3.63, 3.8) is 0 Å². The van der Waals surface area contributed by atoms with Crippen molar-refractivity contribution in [1.82, 2.24) is 4.90 Å². The first-order valence-corrected chi connectivity index (χ1v) is 7.12. The third-order valence-corrected chi connectivity index (χ3v) is 4.75. The van der Waals surface area contributed by atoms with Gasteiger partial charge >= 0.3 is 0 Å². The quantitative estimate of drug-likeness (QED) is 0.670. The van der Waals surface area contributed by atoms with Crippen LogP contribution in [-0.2, 0) is 4.79 Å². The highest BCUT2D eigenvalue weighted by Gasteiger charge is 2.39. The minimum absolute atomic E-state index is 0.178. The molecule has 2 saturated carbocycles. The molecule has 2 aliphatic rings. The number of carbonyl (C=O) groups is 1. The average molecular weight is 235 g/mol. The summed E-state index contributed by atoms with van der Waals surface area (Å²) in [5, 5.41) is 0. The highest BCUT2D eigenvalue weighted by Crippen LogP contribution is 2.50. The zero-order chi connectivity index (χ0) is 12.4. The van der Waals surface area contributed by atoms with Crippen LogP contribution >= 0.6 is 0 Å².